The fourth-order valence-electron chi connectivity index (χ4n) is 1.95. The van der Waals surface area contributed by atoms with Gasteiger partial charge in [0.25, 0.3) is 5.56 Å². The molecule has 1 amide bonds. The van der Waals surface area contributed by atoms with Crippen LogP contribution in [0.3, 0.4) is 0 Å². The third-order valence-corrected chi connectivity index (χ3v) is 3.18. The van der Waals surface area contributed by atoms with Crippen molar-refractivity contribution in [2.75, 3.05) is 6.54 Å². The van der Waals surface area contributed by atoms with Gasteiger partial charge in [0, 0.05) is 12.1 Å². The maximum absolute atomic E-state index is 12.3. The molecule has 120 valence electrons. The first-order valence-electron chi connectivity index (χ1n) is 6.57. The van der Waals surface area contributed by atoms with E-state index in [1.54, 1.807) is 38.1 Å². The normalized spacial score (nSPS) is 11.0. The SMILES string of the molecule is CC(C)(CN)NC(=O)Cn1c(=O)[nH]c2ccccc2c1=O.Cl. The van der Waals surface area contributed by atoms with Crippen LogP contribution in [0.1, 0.15) is 13.8 Å². The predicted octanol–water partition coefficient (Wildman–Crippen LogP) is -0.0349. The van der Waals surface area contributed by atoms with Crippen molar-refractivity contribution < 1.29 is 4.79 Å². The first-order chi connectivity index (χ1) is 9.84. The van der Waals surface area contributed by atoms with Crippen LogP contribution >= 0.6 is 12.4 Å². The maximum atomic E-state index is 12.3. The molecule has 4 N–H and O–H groups in total. The highest BCUT2D eigenvalue weighted by Gasteiger charge is 2.19. The fourth-order valence-corrected chi connectivity index (χ4v) is 1.95. The smallest absolute Gasteiger partial charge is 0.329 e. The number of aromatic nitrogens is 2. The molecular weight excluding hydrogens is 308 g/mol. The Morgan fingerprint density at radius 1 is 1.32 bits per heavy atom. The molecule has 8 heteroatoms. The van der Waals surface area contributed by atoms with Crippen LogP contribution < -0.4 is 22.3 Å². The molecule has 22 heavy (non-hydrogen) atoms. The van der Waals surface area contributed by atoms with Crippen molar-refractivity contribution in [3.63, 3.8) is 0 Å². The van der Waals surface area contributed by atoms with E-state index >= 15 is 0 Å². The van der Waals surface area contributed by atoms with Crippen LogP contribution in [0.5, 0.6) is 0 Å². The number of para-hydroxylation sites is 1. The van der Waals surface area contributed by atoms with Crippen molar-refractivity contribution in [3.05, 3.63) is 45.1 Å². The van der Waals surface area contributed by atoms with Crippen LogP contribution in [0.4, 0.5) is 0 Å². The number of amides is 1. The summed E-state index contributed by atoms with van der Waals surface area (Å²) >= 11 is 0. The summed E-state index contributed by atoms with van der Waals surface area (Å²) in [4.78, 5) is 38.7. The van der Waals surface area contributed by atoms with Gasteiger partial charge in [0.05, 0.1) is 10.9 Å². The highest BCUT2D eigenvalue weighted by molar-refractivity contribution is 5.85. The molecule has 0 unspecified atom stereocenters. The summed E-state index contributed by atoms with van der Waals surface area (Å²) in [6.45, 7) is 3.43. The average molecular weight is 327 g/mol. The third kappa shape index (κ3) is 3.75. The summed E-state index contributed by atoms with van der Waals surface area (Å²) in [5.41, 5.74) is 4.29. The number of fused-ring (bicyclic) bond motifs is 1. The quantitative estimate of drug-likeness (QED) is 0.732. The lowest BCUT2D eigenvalue weighted by Gasteiger charge is -2.24. The van der Waals surface area contributed by atoms with E-state index < -0.39 is 22.7 Å². The number of carbonyl (C=O) groups is 1. The van der Waals surface area contributed by atoms with Crippen LogP contribution in [-0.2, 0) is 11.3 Å². The Labute approximate surface area is 132 Å². The Balaban J connectivity index is 0.00000242. The van der Waals surface area contributed by atoms with E-state index in [9.17, 15) is 14.4 Å². The zero-order chi connectivity index (χ0) is 15.6. The van der Waals surface area contributed by atoms with Crippen molar-refractivity contribution in [3.8, 4) is 0 Å². The van der Waals surface area contributed by atoms with E-state index in [4.69, 9.17) is 5.73 Å². The molecule has 0 saturated heterocycles. The Hall–Kier alpha value is -2.12. The number of nitrogens with two attached hydrogens (primary N) is 1. The molecular formula is C14H19ClN4O3. The fraction of sp³-hybridized carbons (Fsp3) is 0.357. The minimum Gasteiger partial charge on any atom is -0.348 e. The van der Waals surface area contributed by atoms with E-state index in [-0.39, 0.29) is 25.5 Å². The van der Waals surface area contributed by atoms with Gasteiger partial charge >= 0.3 is 5.69 Å². The first kappa shape index (κ1) is 17.9. The molecule has 0 aliphatic carbocycles. The summed E-state index contributed by atoms with van der Waals surface area (Å²) in [6, 6.07) is 6.66. The topological polar surface area (TPSA) is 110 Å². The van der Waals surface area contributed by atoms with Crippen molar-refractivity contribution in [1.82, 2.24) is 14.9 Å². The largest absolute Gasteiger partial charge is 0.348 e. The Morgan fingerprint density at radius 3 is 2.59 bits per heavy atom. The van der Waals surface area contributed by atoms with E-state index in [0.717, 1.165) is 4.57 Å². The minimum atomic E-state index is -0.612. The van der Waals surface area contributed by atoms with Crippen molar-refractivity contribution >= 4 is 29.2 Å². The lowest BCUT2D eigenvalue weighted by Crippen LogP contribution is -2.51. The summed E-state index contributed by atoms with van der Waals surface area (Å²) in [5.74, 6) is -0.437. The molecule has 0 bridgehead atoms. The van der Waals surface area contributed by atoms with Crippen LogP contribution in [0, 0.1) is 0 Å². The lowest BCUT2D eigenvalue weighted by molar-refractivity contribution is -0.123. The van der Waals surface area contributed by atoms with Crippen LogP contribution in [0.25, 0.3) is 10.9 Å². The maximum Gasteiger partial charge on any atom is 0.329 e. The van der Waals surface area contributed by atoms with Gasteiger partial charge in [0.1, 0.15) is 6.54 Å². The van der Waals surface area contributed by atoms with Gasteiger partial charge in [-0.05, 0) is 26.0 Å². The van der Waals surface area contributed by atoms with Gasteiger partial charge < -0.3 is 16.0 Å². The molecule has 0 fully saturated rings. The first-order valence-corrected chi connectivity index (χ1v) is 6.57. The average Bonchev–Trinajstić information content (AvgIpc) is 2.43. The van der Waals surface area contributed by atoms with Gasteiger partial charge in [-0.1, -0.05) is 12.1 Å². The summed E-state index contributed by atoms with van der Waals surface area (Å²) < 4.78 is 0.879. The number of hydrogen-bond donors (Lipinski definition) is 3. The molecule has 0 atom stereocenters. The summed E-state index contributed by atoms with van der Waals surface area (Å²) in [7, 11) is 0. The van der Waals surface area contributed by atoms with Gasteiger partial charge in [-0.15, -0.1) is 12.4 Å². The van der Waals surface area contributed by atoms with Crippen molar-refractivity contribution in [2.24, 2.45) is 5.73 Å². The Morgan fingerprint density at radius 2 is 1.95 bits per heavy atom. The van der Waals surface area contributed by atoms with Gasteiger partial charge in [-0.2, -0.15) is 0 Å². The second kappa shape index (κ2) is 6.76. The molecule has 1 aromatic carbocycles. The van der Waals surface area contributed by atoms with Crippen LogP contribution in [-0.4, -0.2) is 27.5 Å². The van der Waals surface area contributed by atoms with Gasteiger partial charge in [0.2, 0.25) is 5.91 Å². The minimum absolute atomic E-state index is 0. The highest BCUT2D eigenvalue weighted by atomic mass is 35.5. The molecule has 7 nitrogen and oxygen atoms in total. The summed E-state index contributed by atoms with van der Waals surface area (Å²) in [6.07, 6.45) is 0. The number of carbonyl (C=O) groups excluding carboxylic acids is 1. The predicted molar refractivity (Wildman–Crippen MR) is 87.4 cm³/mol. The number of benzene rings is 1. The second-order valence-corrected chi connectivity index (χ2v) is 5.50. The summed E-state index contributed by atoms with van der Waals surface area (Å²) in [5, 5.41) is 3.04. The molecule has 2 rings (SSSR count). The number of H-pyrrole nitrogens is 1. The van der Waals surface area contributed by atoms with Crippen molar-refractivity contribution in [2.45, 2.75) is 25.9 Å². The lowest BCUT2D eigenvalue weighted by atomic mass is 10.1. The number of hydrogen-bond acceptors (Lipinski definition) is 4. The molecule has 0 aliphatic rings. The van der Waals surface area contributed by atoms with Crippen LogP contribution in [0.2, 0.25) is 0 Å². The molecule has 1 heterocycles. The molecule has 0 aliphatic heterocycles. The van der Waals surface area contributed by atoms with Gasteiger partial charge in [-0.25, -0.2) is 4.79 Å². The Bertz CT molecular complexity index is 795. The molecule has 0 radical (unpaired) electrons. The third-order valence-electron chi connectivity index (χ3n) is 3.18. The van der Waals surface area contributed by atoms with Gasteiger partial charge in [0.15, 0.2) is 0 Å². The van der Waals surface area contributed by atoms with E-state index in [2.05, 4.69) is 10.3 Å². The standard InChI is InChI=1S/C14H18N4O3.ClH/c1-14(2,8-15)17-11(19)7-18-12(20)9-5-3-4-6-10(9)16-13(18)21;/h3-6H,7-8,15H2,1-2H3,(H,16,21)(H,17,19);1H. The monoisotopic (exact) mass is 326 g/mol. The van der Waals surface area contributed by atoms with Crippen LogP contribution in [0.15, 0.2) is 33.9 Å². The van der Waals surface area contributed by atoms with Crippen molar-refractivity contribution in [1.29, 1.82) is 0 Å². The zero-order valence-corrected chi connectivity index (χ0v) is 13.2. The van der Waals surface area contributed by atoms with E-state index in [1.165, 1.54) is 0 Å². The van der Waals surface area contributed by atoms with E-state index in [1.807, 2.05) is 0 Å². The molecule has 2 aromatic rings. The molecule has 0 saturated carbocycles. The number of aromatic amines is 1. The number of nitrogens with zero attached hydrogens (tertiary/aromatic N) is 1. The number of halogens is 1. The van der Waals surface area contributed by atoms with Gasteiger partial charge in [-0.3, -0.25) is 14.2 Å². The molecule has 0 spiro atoms. The number of nitrogens with one attached hydrogen (secondary N) is 2. The van der Waals surface area contributed by atoms with E-state index in [0.29, 0.717) is 10.9 Å². The molecule has 1 aromatic heterocycles. The number of rotatable bonds is 4. The zero-order valence-electron chi connectivity index (χ0n) is 12.4. The highest BCUT2D eigenvalue weighted by Crippen LogP contribution is 2.03. The Kier molecular flexibility index (Phi) is 5.51. The second-order valence-electron chi connectivity index (χ2n) is 5.50.